The predicted molar refractivity (Wildman–Crippen MR) is 49.4 cm³/mol. The Morgan fingerprint density at radius 1 is 1.00 bits per heavy atom. The molecule has 0 rings (SSSR count). The average molecular weight is 191 g/mol. The van der Waals surface area contributed by atoms with E-state index < -0.39 is 0 Å². The molecule has 11 heavy (non-hydrogen) atoms. The lowest BCUT2D eigenvalue weighted by atomic mass is 10.6. The van der Waals surface area contributed by atoms with Crippen LogP contribution in [0.4, 0.5) is 0 Å². The Hall–Kier alpha value is -0.660. The molecular weight excluding hydrogens is 183 g/mol. The Bertz CT molecular complexity index is 182. The molecule has 0 amide bonds. The SMILES string of the molecule is C=C(Cl)C=COC=CC(=C)Cl. The maximum atomic E-state index is 5.39. The highest BCUT2D eigenvalue weighted by Gasteiger charge is 1.76. The van der Waals surface area contributed by atoms with Gasteiger partial charge in [0.1, 0.15) is 0 Å². The summed E-state index contributed by atoms with van der Waals surface area (Å²) in [5.41, 5.74) is 0. The van der Waals surface area contributed by atoms with Gasteiger partial charge in [-0.25, -0.2) is 0 Å². The zero-order valence-electron chi connectivity index (χ0n) is 5.89. The molecule has 0 aliphatic carbocycles. The molecule has 0 aromatic heterocycles. The van der Waals surface area contributed by atoms with E-state index in [1.807, 2.05) is 0 Å². The van der Waals surface area contributed by atoms with E-state index in [0.717, 1.165) is 0 Å². The van der Waals surface area contributed by atoms with E-state index in [2.05, 4.69) is 13.2 Å². The third kappa shape index (κ3) is 9.34. The van der Waals surface area contributed by atoms with Crippen molar-refractivity contribution >= 4 is 23.2 Å². The van der Waals surface area contributed by atoms with Crippen molar-refractivity contribution in [1.82, 2.24) is 0 Å². The van der Waals surface area contributed by atoms with Gasteiger partial charge in [-0.2, -0.15) is 0 Å². The van der Waals surface area contributed by atoms with Crippen molar-refractivity contribution in [2.24, 2.45) is 0 Å². The zero-order valence-corrected chi connectivity index (χ0v) is 7.40. The Kier molecular flexibility index (Phi) is 5.71. The van der Waals surface area contributed by atoms with Crippen LogP contribution < -0.4 is 0 Å². The molecule has 1 nitrogen and oxygen atoms in total. The lowest BCUT2D eigenvalue weighted by molar-refractivity contribution is 0.403. The van der Waals surface area contributed by atoms with Gasteiger partial charge in [-0.15, -0.1) is 0 Å². The van der Waals surface area contributed by atoms with Crippen molar-refractivity contribution in [3.63, 3.8) is 0 Å². The van der Waals surface area contributed by atoms with E-state index >= 15 is 0 Å². The van der Waals surface area contributed by atoms with Crippen molar-refractivity contribution in [1.29, 1.82) is 0 Å². The monoisotopic (exact) mass is 190 g/mol. The quantitative estimate of drug-likeness (QED) is 0.487. The second-order valence-corrected chi connectivity index (χ2v) is 2.61. The second kappa shape index (κ2) is 6.08. The van der Waals surface area contributed by atoms with Crippen molar-refractivity contribution in [3.8, 4) is 0 Å². The highest BCUT2D eigenvalue weighted by atomic mass is 35.5. The summed E-state index contributed by atoms with van der Waals surface area (Å²) in [6.07, 6.45) is 5.82. The molecule has 0 aliphatic heterocycles. The van der Waals surface area contributed by atoms with Crippen molar-refractivity contribution in [2.45, 2.75) is 0 Å². The summed E-state index contributed by atoms with van der Waals surface area (Å²) in [5.74, 6) is 0. The largest absolute Gasteiger partial charge is 0.473 e. The predicted octanol–water partition coefficient (Wildman–Crippen LogP) is 3.54. The van der Waals surface area contributed by atoms with E-state index in [0.29, 0.717) is 10.1 Å². The molecule has 0 aromatic carbocycles. The van der Waals surface area contributed by atoms with Gasteiger partial charge in [0.05, 0.1) is 12.5 Å². The summed E-state index contributed by atoms with van der Waals surface area (Å²) in [4.78, 5) is 0. The van der Waals surface area contributed by atoms with Crippen LogP contribution in [0.1, 0.15) is 0 Å². The number of allylic oxidation sites excluding steroid dienone is 4. The molecule has 0 saturated carbocycles. The third-order valence-corrected chi connectivity index (χ3v) is 0.907. The Labute approximate surface area is 76.3 Å². The number of hydrogen-bond donors (Lipinski definition) is 0. The van der Waals surface area contributed by atoms with Crippen LogP contribution in [-0.4, -0.2) is 0 Å². The van der Waals surface area contributed by atoms with Gasteiger partial charge in [0.15, 0.2) is 0 Å². The average Bonchev–Trinajstić information content (AvgIpc) is 1.85. The third-order valence-electron chi connectivity index (χ3n) is 0.655. The second-order valence-electron chi connectivity index (χ2n) is 1.64. The fraction of sp³-hybridized carbons (Fsp3) is 0. The molecule has 0 bridgehead atoms. The van der Waals surface area contributed by atoms with Gasteiger partial charge < -0.3 is 4.74 Å². The highest BCUT2D eigenvalue weighted by Crippen LogP contribution is 2.00. The van der Waals surface area contributed by atoms with Gasteiger partial charge in [-0.05, 0) is 12.2 Å². The van der Waals surface area contributed by atoms with Crippen LogP contribution >= 0.6 is 23.2 Å². The number of halogens is 2. The first-order valence-corrected chi connectivity index (χ1v) is 3.56. The Balaban J connectivity index is 3.57. The van der Waals surface area contributed by atoms with Gasteiger partial charge in [0, 0.05) is 10.1 Å². The molecular formula is C8H8Cl2O. The number of ether oxygens (including phenoxy) is 1. The highest BCUT2D eigenvalue weighted by molar-refractivity contribution is 6.31. The van der Waals surface area contributed by atoms with Gasteiger partial charge in [-0.3, -0.25) is 0 Å². The number of hydrogen-bond acceptors (Lipinski definition) is 1. The summed E-state index contributed by atoms with van der Waals surface area (Å²) >= 11 is 10.8. The normalized spacial score (nSPS) is 10.7. The van der Waals surface area contributed by atoms with E-state index in [1.165, 1.54) is 24.7 Å². The fourth-order valence-electron chi connectivity index (χ4n) is 0.272. The minimum Gasteiger partial charge on any atom is -0.473 e. The topological polar surface area (TPSA) is 9.23 Å². The van der Waals surface area contributed by atoms with Crippen LogP contribution in [0.5, 0.6) is 0 Å². The van der Waals surface area contributed by atoms with Crippen LogP contribution in [0.3, 0.4) is 0 Å². The molecule has 0 unspecified atom stereocenters. The molecule has 3 heteroatoms. The van der Waals surface area contributed by atoms with Crippen LogP contribution in [-0.2, 0) is 4.74 Å². The van der Waals surface area contributed by atoms with E-state index in [9.17, 15) is 0 Å². The van der Waals surface area contributed by atoms with Gasteiger partial charge >= 0.3 is 0 Å². The Morgan fingerprint density at radius 3 is 1.64 bits per heavy atom. The number of rotatable bonds is 4. The maximum absolute atomic E-state index is 5.39. The fourth-order valence-corrected chi connectivity index (χ4v) is 0.374. The Morgan fingerprint density at radius 2 is 1.36 bits per heavy atom. The van der Waals surface area contributed by atoms with Gasteiger partial charge in [0.2, 0.25) is 0 Å². The first-order chi connectivity index (χ1) is 5.13. The van der Waals surface area contributed by atoms with Crippen molar-refractivity contribution < 1.29 is 4.74 Å². The molecule has 0 atom stereocenters. The molecule has 0 radical (unpaired) electrons. The van der Waals surface area contributed by atoms with Crippen LogP contribution in [0.25, 0.3) is 0 Å². The first kappa shape index (κ1) is 10.3. The minimum atomic E-state index is 0.406. The standard InChI is InChI=1S/C8H8Cl2O/c1-7(9)3-5-11-6-4-8(2)10/h3-6H,1-2H2. The summed E-state index contributed by atoms with van der Waals surface area (Å²) in [7, 11) is 0. The minimum absolute atomic E-state index is 0.406. The molecule has 0 saturated heterocycles. The summed E-state index contributed by atoms with van der Waals surface area (Å²) in [6.45, 7) is 6.84. The van der Waals surface area contributed by atoms with E-state index in [1.54, 1.807) is 0 Å². The van der Waals surface area contributed by atoms with Crippen molar-refractivity contribution in [2.75, 3.05) is 0 Å². The van der Waals surface area contributed by atoms with Gasteiger partial charge in [-0.1, -0.05) is 36.4 Å². The van der Waals surface area contributed by atoms with E-state index in [4.69, 9.17) is 27.9 Å². The molecule has 0 fully saturated rings. The molecule has 0 N–H and O–H groups in total. The van der Waals surface area contributed by atoms with Crippen LogP contribution in [0, 0.1) is 0 Å². The summed E-state index contributed by atoms with van der Waals surface area (Å²) < 4.78 is 4.80. The molecule has 0 spiro atoms. The molecule has 0 aliphatic rings. The smallest absolute Gasteiger partial charge is 0.0916 e. The maximum Gasteiger partial charge on any atom is 0.0916 e. The van der Waals surface area contributed by atoms with Gasteiger partial charge in [0.25, 0.3) is 0 Å². The summed E-state index contributed by atoms with van der Waals surface area (Å²) in [5, 5.41) is 0.811. The first-order valence-electron chi connectivity index (χ1n) is 2.80. The molecule has 0 heterocycles. The van der Waals surface area contributed by atoms with Crippen LogP contribution in [0.15, 0.2) is 47.9 Å². The van der Waals surface area contributed by atoms with Crippen LogP contribution in [0.2, 0.25) is 0 Å². The van der Waals surface area contributed by atoms with Crippen molar-refractivity contribution in [3.05, 3.63) is 47.9 Å². The molecule has 60 valence electrons. The van der Waals surface area contributed by atoms with E-state index in [-0.39, 0.29) is 0 Å². The lowest BCUT2D eigenvalue weighted by Gasteiger charge is -1.87. The lowest BCUT2D eigenvalue weighted by Crippen LogP contribution is -1.65. The summed E-state index contributed by atoms with van der Waals surface area (Å²) in [6, 6.07) is 0. The zero-order chi connectivity index (χ0) is 8.69. The molecule has 0 aromatic rings.